The molecule has 1 unspecified atom stereocenters. The lowest BCUT2D eigenvalue weighted by atomic mass is 10.1. The summed E-state index contributed by atoms with van der Waals surface area (Å²) in [6.07, 6.45) is 1.77. The maximum absolute atomic E-state index is 12.0. The standard InChI is InChI=1S/C16H21N3O2S/c1-13(18-12-15-6-4-5-11-17-15)14-7-9-16(10-8-14)22(20,21)19(2)3/h4-11,13,18H,12H2,1-3H3. The third-order valence-corrected chi connectivity index (χ3v) is 5.30. The summed E-state index contributed by atoms with van der Waals surface area (Å²) in [5.74, 6) is 0. The van der Waals surface area contributed by atoms with Gasteiger partial charge in [-0.25, -0.2) is 12.7 Å². The van der Waals surface area contributed by atoms with Crippen molar-refractivity contribution < 1.29 is 8.42 Å². The van der Waals surface area contributed by atoms with Crippen molar-refractivity contribution in [1.82, 2.24) is 14.6 Å². The molecule has 6 heteroatoms. The number of hydrogen-bond donors (Lipinski definition) is 1. The Morgan fingerprint density at radius 3 is 2.36 bits per heavy atom. The Bertz CT molecular complexity index is 698. The number of nitrogens with one attached hydrogen (secondary N) is 1. The van der Waals surface area contributed by atoms with E-state index in [1.807, 2.05) is 37.3 Å². The molecule has 2 rings (SSSR count). The summed E-state index contributed by atoms with van der Waals surface area (Å²) < 4.78 is 25.3. The van der Waals surface area contributed by atoms with Gasteiger partial charge in [0.15, 0.2) is 0 Å². The van der Waals surface area contributed by atoms with Crippen LogP contribution in [0.15, 0.2) is 53.6 Å². The quantitative estimate of drug-likeness (QED) is 0.886. The molecule has 0 aliphatic carbocycles. The third kappa shape index (κ3) is 3.91. The lowest BCUT2D eigenvalue weighted by molar-refractivity contribution is 0.520. The van der Waals surface area contributed by atoms with Crippen LogP contribution in [0.3, 0.4) is 0 Å². The van der Waals surface area contributed by atoms with Gasteiger partial charge in [0, 0.05) is 32.9 Å². The summed E-state index contributed by atoms with van der Waals surface area (Å²) in [5.41, 5.74) is 2.01. The molecule has 0 aliphatic heterocycles. The molecule has 1 aromatic carbocycles. The highest BCUT2D eigenvalue weighted by Gasteiger charge is 2.17. The highest BCUT2D eigenvalue weighted by molar-refractivity contribution is 7.89. The van der Waals surface area contributed by atoms with Crippen molar-refractivity contribution in [3.05, 3.63) is 59.9 Å². The second-order valence-corrected chi connectivity index (χ2v) is 7.43. The molecular formula is C16H21N3O2S. The zero-order valence-corrected chi connectivity index (χ0v) is 13.8. The topological polar surface area (TPSA) is 62.3 Å². The summed E-state index contributed by atoms with van der Waals surface area (Å²) >= 11 is 0. The first kappa shape index (κ1) is 16.6. The van der Waals surface area contributed by atoms with E-state index < -0.39 is 10.0 Å². The lowest BCUT2D eigenvalue weighted by Gasteiger charge is -2.16. The average Bonchev–Trinajstić information content (AvgIpc) is 2.53. The smallest absolute Gasteiger partial charge is 0.242 e. The fourth-order valence-electron chi connectivity index (χ4n) is 2.02. The van der Waals surface area contributed by atoms with E-state index in [1.54, 1.807) is 18.3 Å². The van der Waals surface area contributed by atoms with Crippen LogP contribution >= 0.6 is 0 Å². The molecule has 1 N–H and O–H groups in total. The van der Waals surface area contributed by atoms with Gasteiger partial charge in [-0.1, -0.05) is 18.2 Å². The highest BCUT2D eigenvalue weighted by atomic mass is 32.2. The third-order valence-electron chi connectivity index (χ3n) is 3.47. The number of hydrogen-bond acceptors (Lipinski definition) is 4. The van der Waals surface area contributed by atoms with E-state index in [0.717, 1.165) is 11.3 Å². The molecule has 5 nitrogen and oxygen atoms in total. The number of rotatable bonds is 6. The average molecular weight is 319 g/mol. The second-order valence-electron chi connectivity index (χ2n) is 5.28. The molecule has 22 heavy (non-hydrogen) atoms. The normalized spacial score (nSPS) is 13.3. The van der Waals surface area contributed by atoms with Crippen molar-refractivity contribution in [2.75, 3.05) is 14.1 Å². The first-order valence-electron chi connectivity index (χ1n) is 7.07. The summed E-state index contributed by atoms with van der Waals surface area (Å²) in [6.45, 7) is 2.71. The van der Waals surface area contributed by atoms with Crippen molar-refractivity contribution in [2.45, 2.75) is 24.4 Å². The van der Waals surface area contributed by atoms with Gasteiger partial charge in [0.1, 0.15) is 0 Å². The molecule has 0 aliphatic rings. The maximum atomic E-state index is 12.0. The molecule has 2 aromatic rings. The Morgan fingerprint density at radius 1 is 1.14 bits per heavy atom. The zero-order chi connectivity index (χ0) is 16.2. The van der Waals surface area contributed by atoms with Gasteiger partial charge >= 0.3 is 0 Å². The molecule has 118 valence electrons. The predicted molar refractivity (Wildman–Crippen MR) is 86.8 cm³/mol. The Balaban J connectivity index is 2.04. The van der Waals surface area contributed by atoms with Crippen molar-refractivity contribution in [3.8, 4) is 0 Å². The molecule has 0 saturated carbocycles. The van der Waals surface area contributed by atoms with E-state index in [4.69, 9.17) is 0 Å². The van der Waals surface area contributed by atoms with E-state index in [2.05, 4.69) is 10.3 Å². The van der Waals surface area contributed by atoms with Gasteiger partial charge in [-0.15, -0.1) is 0 Å². The van der Waals surface area contributed by atoms with E-state index in [0.29, 0.717) is 11.4 Å². The number of benzene rings is 1. The summed E-state index contributed by atoms with van der Waals surface area (Å²) in [4.78, 5) is 4.57. The van der Waals surface area contributed by atoms with Crippen LogP contribution in [0, 0.1) is 0 Å². The van der Waals surface area contributed by atoms with Crippen LogP contribution < -0.4 is 5.32 Å². The zero-order valence-electron chi connectivity index (χ0n) is 13.0. The molecule has 0 bridgehead atoms. The fraction of sp³-hybridized carbons (Fsp3) is 0.312. The van der Waals surface area contributed by atoms with Gasteiger partial charge in [0.05, 0.1) is 10.6 Å². The number of pyridine rings is 1. The van der Waals surface area contributed by atoms with Crippen LogP contribution in [0.4, 0.5) is 0 Å². The molecule has 1 atom stereocenters. The molecule has 1 aromatic heterocycles. The predicted octanol–water partition coefficient (Wildman–Crippen LogP) is 2.18. The van der Waals surface area contributed by atoms with Crippen LogP contribution in [-0.2, 0) is 16.6 Å². The summed E-state index contributed by atoms with van der Waals surface area (Å²) in [6, 6.07) is 12.9. The van der Waals surface area contributed by atoms with Crippen molar-refractivity contribution in [1.29, 1.82) is 0 Å². The number of sulfonamides is 1. The van der Waals surface area contributed by atoms with Crippen LogP contribution in [0.1, 0.15) is 24.2 Å². The number of nitrogens with zero attached hydrogens (tertiary/aromatic N) is 2. The summed E-state index contributed by atoms with van der Waals surface area (Å²) in [7, 11) is -0.316. The van der Waals surface area contributed by atoms with Gasteiger partial charge < -0.3 is 5.32 Å². The molecule has 1 heterocycles. The minimum absolute atomic E-state index is 0.109. The Hall–Kier alpha value is -1.76. The first-order chi connectivity index (χ1) is 10.4. The van der Waals surface area contributed by atoms with Crippen LogP contribution in [0.25, 0.3) is 0 Å². The molecule has 0 spiro atoms. The minimum atomic E-state index is -3.37. The highest BCUT2D eigenvalue weighted by Crippen LogP contribution is 2.18. The molecule has 0 amide bonds. The Kier molecular flexibility index (Phi) is 5.28. The minimum Gasteiger partial charge on any atom is -0.305 e. The van der Waals surface area contributed by atoms with Crippen molar-refractivity contribution in [3.63, 3.8) is 0 Å². The molecule has 0 fully saturated rings. The van der Waals surface area contributed by atoms with Gasteiger partial charge in [-0.3, -0.25) is 4.98 Å². The fourth-order valence-corrected chi connectivity index (χ4v) is 2.92. The molecule has 0 saturated heterocycles. The van der Waals surface area contributed by atoms with E-state index >= 15 is 0 Å². The van der Waals surface area contributed by atoms with Crippen molar-refractivity contribution in [2.24, 2.45) is 0 Å². The number of aromatic nitrogens is 1. The molecular weight excluding hydrogens is 298 g/mol. The van der Waals surface area contributed by atoms with Crippen LogP contribution in [0.2, 0.25) is 0 Å². The van der Waals surface area contributed by atoms with E-state index in [-0.39, 0.29) is 6.04 Å². The van der Waals surface area contributed by atoms with Crippen LogP contribution in [-0.4, -0.2) is 31.8 Å². The Labute approximate surface area is 132 Å². The summed E-state index contributed by atoms with van der Waals surface area (Å²) in [5, 5.41) is 3.37. The van der Waals surface area contributed by atoms with Gasteiger partial charge in [-0.05, 0) is 36.8 Å². The van der Waals surface area contributed by atoms with E-state index in [9.17, 15) is 8.42 Å². The Morgan fingerprint density at radius 2 is 1.82 bits per heavy atom. The second kappa shape index (κ2) is 7.00. The van der Waals surface area contributed by atoms with Crippen LogP contribution in [0.5, 0.6) is 0 Å². The monoisotopic (exact) mass is 319 g/mol. The lowest BCUT2D eigenvalue weighted by Crippen LogP contribution is -2.22. The first-order valence-corrected chi connectivity index (χ1v) is 8.51. The maximum Gasteiger partial charge on any atom is 0.242 e. The largest absolute Gasteiger partial charge is 0.305 e. The molecule has 0 radical (unpaired) electrons. The van der Waals surface area contributed by atoms with E-state index in [1.165, 1.54) is 18.4 Å². The van der Waals surface area contributed by atoms with Gasteiger partial charge in [0.2, 0.25) is 10.0 Å². The van der Waals surface area contributed by atoms with Gasteiger partial charge in [-0.2, -0.15) is 0 Å². The van der Waals surface area contributed by atoms with Gasteiger partial charge in [0.25, 0.3) is 0 Å². The SMILES string of the molecule is CC(NCc1ccccn1)c1ccc(S(=O)(=O)N(C)C)cc1. The van der Waals surface area contributed by atoms with Crippen molar-refractivity contribution >= 4 is 10.0 Å².